The van der Waals surface area contributed by atoms with Crippen LogP contribution in [0.1, 0.15) is 38.2 Å². The SMILES string of the molecule is CCC1CCCN(S(=O)(=O)c2ccc3c(c2)CCCN3)C1. The van der Waals surface area contributed by atoms with Crippen molar-refractivity contribution in [3.8, 4) is 0 Å². The van der Waals surface area contributed by atoms with Gasteiger partial charge in [0.05, 0.1) is 4.90 Å². The molecule has 2 aliphatic heterocycles. The number of benzene rings is 1. The van der Waals surface area contributed by atoms with Gasteiger partial charge in [0.15, 0.2) is 0 Å². The largest absolute Gasteiger partial charge is 0.385 e. The fourth-order valence-electron chi connectivity index (χ4n) is 3.34. The molecule has 1 aromatic carbocycles. The van der Waals surface area contributed by atoms with Crippen LogP contribution in [0.15, 0.2) is 23.1 Å². The minimum absolute atomic E-state index is 0.460. The summed E-state index contributed by atoms with van der Waals surface area (Å²) in [4.78, 5) is 0.460. The zero-order valence-electron chi connectivity index (χ0n) is 12.6. The number of aryl methyl sites for hydroxylation is 1. The molecule has 0 aromatic heterocycles. The lowest BCUT2D eigenvalue weighted by molar-refractivity contribution is 0.261. The number of nitrogens with zero attached hydrogens (tertiary/aromatic N) is 1. The van der Waals surface area contributed by atoms with Gasteiger partial charge in [-0.3, -0.25) is 0 Å². The number of anilines is 1. The number of sulfonamides is 1. The topological polar surface area (TPSA) is 49.4 Å². The Kier molecular flexibility index (Phi) is 4.22. The molecule has 2 heterocycles. The second kappa shape index (κ2) is 5.97. The third-order valence-electron chi connectivity index (χ3n) is 4.71. The van der Waals surface area contributed by atoms with Gasteiger partial charge in [-0.25, -0.2) is 8.42 Å². The third kappa shape index (κ3) is 2.94. The average Bonchev–Trinajstić information content (AvgIpc) is 2.54. The molecule has 4 nitrogen and oxygen atoms in total. The van der Waals surface area contributed by atoms with Crippen LogP contribution in [-0.2, 0) is 16.4 Å². The molecule has 0 amide bonds. The Bertz CT molecular complexity index is 613. The standard InChI is InChI=1S/C16H24N2O2S/c1-2-13-5-4-10-18(12-13)21(19,20)15-7-8-16-14(11-15)6-3-9-17-16/h7-8,11,13,17H,2-6,9-10,12H2,1H3. The summed E-state index contributed by atoms with van der Waals surface area (Å²) in [5.74, 6) is 0.507. The minimum Gasteiger partial charge on any atom is -0.385 e. The van der Waals surface area contributed by atoms with E-state index < -0.39 is 10.0 Å². The van der Waals surface area contributed by atoms with Gasteiger partial charge in [-0.1, -0.05) is 13.3 Å². The Morgan fingerprint density at radius 1 is 1.33 bits per heavy atom. The van der Waals surface area contributed by atoms with E-state index in [9.17, 15) is 8.42 Å². The van der Waals surface area contributed by atoms with Crippen molar-refractivity contribution < 1.29 is 8.42 Å². The van der Waals surface area contributed by atoms with Crippen molar-refractivity contribution in [3.05, 3.63) is 23.8 Å². The molecular weight excluding hydrogens is 284 g/mol. The number of fused-ring (bicyclic) bond motifs is 1. The lowest BCUT2D eigenvalue weighted by atomic mass is 9.97. The van der Waals surface area contributed by atoms with Gasteiger partial charge in [0, 0.05) is 25.3 Å². The van der Waals surface area contributed by atoms with Crippen LogP contribution in [0.2, 0.25) is 0 Å². The summed E-state index contributed by atoms with van der Waals surface area (Å²) in [6, 6.07) is 5.54. The van der Waals surface area contributed by atoms with Crippen LogP contribution in [-0.4, -0.2) is 32.4 Å². The lowest BCUT2D eigenvalue weighted by Crippen LogP contribution is -2.39. The van der Waals surface area contributed by atoms with Crippen LogP contribution >= 0.6 is 0 Å². The Balaban J connectivity index is 1.87. The molecule has 3 rings (SSSR count). The highest BCUT2D eigenvalue weighted by Gasteiger charge is 2.30. The van der Waals surface area contributed by atoms with Crippen molar-refractivity contribution in [2.45, 2.75) is 43.9 Å². The maximum Gasteiger partial charge on any atom is 0.243 e. The zero-order chi connectivity index (χ0) is 14.9. The molecule has 0 radical (unpaired) electrons. The lowest BCUT2D eigenvalue weighted by Gasteiger charge is -2.31. The van der Waals surface area contributed by atoms with Gasteiger partial charge < -0.3 is 5.32 Å². The number of nitrogens with one attached hydrogen (secondary N) is 1. The van der Waals surface area contributed by atoms with Crippen LogP contribution < -0.4 is 5.32 Å². The fourth-order valence-corrected chi connectivity index (χ4v) is 4.95. The van der Waals surface area contributed by atoms with Gasteiger partial charge in [-0.05, 0) is 55.4 Å². The smallest absolute Gasteiger partial charge is 0.243 e. The molecule has 5 heteroatoms. The third-order valence-corrected chi connectivity index (χ3v) is 6.57. The minimum atomic E-state index is -3.33. The number of piperidine rings is 1. The van der Waals surface area contributed by atoms with E-state index in [4.69, 9.17) is 0 Å². The molecule has 0 aliphatic carbocycles. The molecule has 0 bridgehead atoms. The summed E-state index contributed by atoms with van der Waals surface area (Å²) >= 11 is 0. The fraction of sp³-hybridized carbons (Fsp3) is 0.625. The van der Waals surface area contributed by atoms with Crippen LogP contribution in [0, 0.1) is 5.92 Å². The van der Waals surface area contributed by atoms with Crippen molar-refractivity contribution in [2.24, 2.45) is 5.92 Å². The van der Waals surface area contributed by atoms with Crippen LogP contribution in [0.3, 0.4) is 0 Å². The van der Waals surface area contributed by atoms with Gasteiger partial charge in [-0.15, -0.1) is 0 Å². The maximum atomic E-state index is 12.8. The van der Waals surface area contributed by atoms with Gasteiger partial charge in [0.25, 0.3) is 0 Å². The Morgan fingerprint density at radius 3 is 3.00 bits per heavy atom. The summed E-state index contributed by atoms with van der Waals surface area (Å²) in [7, 11) is -3.33. The van der Waals surface area contributed by atoms with Crippen LogP contribution in [0.4, 0.5) is 5.69 Å². The van der Waals surface area contributed by atoms with Gasteiger partial charge in [-0.2, -0.15) is 4.31 Å². The summed E-state index contributed by atoms with van der Waals surface area (Å²) < 4.78 is 27.4. The van der Waals surface area contributed by atoms with Gasteiger partial charge in [0.2, 0.25) is 10.0 Å². The van der Waals surface area contributed by atoms with E-state index >= 15 is 0 Å². The van der Waals surface area contributed by atoms with Crippen molar-refractivity contribution >= 4 is 15.7 Å². The molecule has 0 saturated carbocycles. The van der Waals surface area contributed by atoms with E-state index in [2.05, 4.69) is 12.2 Å². The molecule has 21 heavy (non-hydrogen) atoms. The van der Waals surface area contributed by atoms with E-state index in [0.29, 0.717) is 23.9 Å². The van der Waals surface area contributed by atoms with Crippen molar-refractivity contribution in [2.75, 3.05) is 25.0 Å². The first kappa shape index (κ1) is 14.9. The summed E-state index contributed by atoms with van der Waals surface area (Å²) in [5.41, 5.74) is 2.22. The second-order valence-corrected chi connectivity index (χ2v) is 8.07. The molecule has 1 fully saturated rings. The normalized spacial score (nSPS) is 23.4. The van der Waals surface area contributed by atoms with Crippen molar-refractivity contribution in [1.29, 1.82) is 0 Å². The summed E-state index contributed by atoms with van der Waals surface area (Å²) in [6.45, 7) is 4.46. The number of rotatable bonds is 3. The molecule has 1 aromatic rings. The highest BCUT2D eigenvalue weighted by Crippen LogP contribution is 2.29. The van der Waals surface area contributed by atoms with E-state index in [-0.39, 0.29) is 0 Å². The number of hydrogen-bond donors (Lipinski definition) is 1. The zero-order valence-corrected chi connectivity index (χ0v) is 13.5. The molecule has 0 spiro atoms. The van der Waals surface area contributed by atoms with Crippen molar-refractivity contribution in [3.63, 3.8) is 0 Å². The van der Waals surface area contributed by atoms with E-state index in [1.807, 2.05) is 12.1 Å². The molecular formula is C16H24N2O2S. The summed E-state index contributed by atoms with van der Waals surface area (Å²) in [5, 5.41) is 3.33. The van der Waals surface area contributed by atoms with Crippen LogP contribution in [0.25, 0.3) is 0 Å². The van der Waals surface area contributed by atoms with Gasteiger partial charge >= 0.3 is 0 Å². The Labute approximate surface area is 127 Å². The Hall–Kier alpha value is -1.07. The predicted octanol–water partition coefficient (Wildman–Crippen LogP) is 2.86. The molecule has 116 valence electrons. The van der Waals surface area contributed by atoms with E-state index in [1.165, 1.54) is 0 Å². The molecule has 1 atom stereocenters. The number of hydrogen-bond acceptors (Lipinski definition) is 3. The quantitative estimate of drug-likeness (QED) is 0.934. The Morgan fingerprint density at radius 2 is 2.19 bits per heavy atom. The van der Waals surface area contributed by atoms with Crippen molar-refractivity contribution in [1.82, 2.24) is 4.31 Å². The first-order valence-electron chi connectivity index (χ1n) is 7.98. The first-order valence-corrected chi connectivity index (χ1v) is 9.42. The van der Waals surface area contributed by atoms with E-state index in [1.54, 1.807) is 10.4 Å². The first-order chi connectivity index (χ1) is 10.1. The molecule has 1 unspecified atom stereocenters. The van der Waals surface area contributed by atoms with E-state index in [0.717, 1.165) is 49.9 Å². The monoisotopic (exact) mass is 308 g/mol. The maximum absolute atomic E-state index is 12.8. The second-order valence-electron chi connectivity index (χ2n) is 6.13. The summed E-state index contributed by atoms with van der Waals surface area (Å²) in [6.07, 6.45) is 5.21. The highest BCUT2D eigenvalue weighted by molar-refractivity contribution is 7.89. The average molecular weight is 308 g/mol. The molecule has 2 aliphatic rings. The molecule has 1 N–H and O–H groups in total. The van der Waals surface area contributed by atoms with Gasteiger partial charge in [0.1, 0.15) is 0 Å². The predicted molar refractivity (Wildman–Crippen MR) is 85.0 cm³/mol. The highest BCUT2D eigenvalue weighted by atomic mass is 32.2. The van der Waals surface area contributed by atoms with Crippen LogP contribution in [0.5, 0.6) is 0 Å². The molecule has 1 saturated heterocycles.